The predicted molar refractivity (Wildman–Crippen MR) is 73.8 cm³/mol. The monoisotopic (exact) mass is 259 g/mol. The van der Waals surface area contributed by atoms with E-state index in [1.807, 2.05) is 31.2 Å². The number of aryl methyl sites for hydroxylation is 1. The Kier molecular flexibility index (Phi) is 4.00. The van der Waals surface area contributed by atoms with Crippen LogP contribution in [0.2, 0.25) is 5.02 Å². The highest BCUT2D eigenvalue weighted by atomic mass is 35.5. The van der Waals surface area contributed by atoms with E-state index >= 15 is 0 Å². The summed E-state index contributed by atoms with van der Waals surface area (Å²) >= 11 is 5.97. The van der Waals surface area contributed by atoms with Gasteiger partial charge in [-0.2, -0.15) is 0 Å². The topological polar surface area (TPSA) is 29.1 Å². The highest BCUT2D eigenvalue weighted by molar-refractivity contribution is 6.33. The first-order valence-electron chi connectivity index (χ1n) is 5.75. The molecule has 92 valence electrons. The van der Waals surface area contributed by atoms with Crippen molar-refractivity contribution in [2.45, 2.75) is 13.5 Å². The van der Waals surface area contributed by atoms with Crippen LogP contribution in [0.25, 0.3) is 0 Å². The fourth-order valence-electron chi connectivity index (χ4n) is 1.72. The molecule has 0 bridgehead atoms. The van der Waals surface area contributed by atoms with Crippen LogP contribution >= 0.6 is 11.6 Å². The maximum atomic E-state index is 12.0. The fraction of sp³-hybridized carbons (Fsp3) is 0.133. The number of halogens is 1. The molecule has 18 heavy (non-hydrogen) atoms. The molecule has 0 atom stereocenters. The van der Waals surface area contributed by atoms with Crippen LogP contribution in [-0.4, -0.2) is 5.91 Å². The number of carbonyl (C=O) groups excluding carboxylic acids is 1. The van der Waals surface area contributed by atoms with Gasteiger partial charge in [0.25, 0.3) is 5.91 Å². The van der Waals surface area contributed by atoms with Gasteiger partial charge in [-0.15, -0.1) is 0 Å². The average Bonchev–Trinajstić information content (AvgIpc) is 2.38. The van der Waals surface area contributed by atoms with Crippen molar-refractivity contribution >= 4 is 17.5 Å². The average molecular weight is 260 g/mol. The van der Waals surface area contributed by atoms with Gasteiger partial charge in [-0.3, -0.25) is 4.79 Å². The molecule has 1 N–H and O–H groups in total. The molecule has 0 unspecified atom stereocenters. The Hall–Kier alpha value is -1.80. The number of nitrogens with one attached hydrogen (secondary N) is 1. The van der Waals surface area contributed by atoms with Crippen molar-refractivity contribution in [2.24, 2.45) is 0 Å². The number of amides is 1. The smallest absolute Gasteiger partial charge is 0.253 e. The number of hydrogen-bond donors (Lipinski definition) is 1. The van der Waals surface area contributed by atoms with Gasteiger partial charge in [0.1, 0.15) is 0 Å². The molecule has 2 aromatic carbocycles. The molecule has 0 aromatic heterocycles. The predicted octanol–water partition coefficient (Wildman–Crippen LogP) is 3.58. The minimum Gasteiger partial charge on any atom is -0.348 e. The summed E-state index contributed by atoms with van der Waals surface area (Å²) in [5.41, 5.74) is 2.78. The third-order valence-corrected chi connectivity index (χ3v) is 3.15. The van der Waals surface area contributed by atoms with E-state index < -0.39 is 0 Å². The number of benzene rings is 2. The van der Waals surface area contributed by atoms with Crippen molar-refractivity contribution in [2.75, 3.05) is 0 Å². The summed E-state index contributed by atoms with van der Waals surface area (Å²) in [6, 6.07) is 15.0. The summed E-state index contributed by atoms with van der Waals surface area (Å²) in [6.45, 7) is 2.54. The van der Waals surface area contributed by atoms with Gasteiger partial charge < -0.3 is 5.32 Å². The second-order valence-corrected chi connectivity index (χ2v) is 4.50. The van der Waals surface area contributed by atoms with Gasteiger partial charge in [0, 0.05) is 6.54 Å². The summed E-state index contributed by atoms with van der Waals surface area (Å²) in [6.07, 6.45) is 0. The summed E-state index contributed by atoms with van der Waals surface area (Å²) in [4.78, 5) is 12.0. The SMILES string of the molecule is Cc1ccccc1CNC(=O)c1ccccc1Cl. The fourth-order valence-corrected chi connectivity index (χ4v) is 1.95. The van der Waals surface area contributed by atoms with Crippen LogP contribution in [-0.2, 0) is 6.54 Å². The van der Waals surface area contributed by atoms with Crippen molar-refractivity contribution in [1.82, 2.24) is 5.32 Å². The summed E-state index contributed by atoms with van der Waals surface area (Å²) in [5, 5.41) is 3.35. The van der Waals surface area contributed by atoms with Crippen molar-refractivity contribution in [3.8, 4) is 0 Å². The first-order valence-corrected chi connectivity index (χ1v) is 6.13. The third-order valence-electron chi connectivity index (χ3n) is 2.82. The second kappa shape index (κ2) is 5.69. The minimum absolute atomic E-state index is 0.149. The van der Waals surface area contributed by atoms with E-state index in [-0.39, 0.29) is 5.91 Å². The van der Waals surface area contributed by atoms with Gasteiger partial charge in [0.15, 0.2) is 0 Å². The Bertz CT molecular complexity index is 566. The zero-order valence-corrected chi connectivity index (χ0v) is 10.9. The van der Waals surface area contributed by atoms with E-state index in [1.54, 1.807) is 24.3 Å². The lowest BCUT2D eigenvalue weighted by atomic mass is 10.1. The van der Waals surface area contributed by atoms with E-state index in [0.29, 0.717) is 17.1 Å². The van der Waals surface area contributed by atoms with Crippen molar-refractivity contribution in [3.63, 3.8) is 0 Å². The van der Waals surface area contributed by atoms with Gasteiger partial charge in [-0.1, -0.05) is 48.0 Å². The number of rotatable bonds is 3. The normalized spacial score (nSPS) is 10.1. The Morgan fingerprint density at radius 2 is 1.78 bits per heavy atom. The number of carbonyl (C=O) groups is 1. The van der Waals surface area contributed by atoms with Crippen molar-refractivity contribution in [3.05, 3.63) is 70.2 Å². The van der Waals surface area contributed by atoms with Gasteiger partial charge in [-0.05, 0) is 30.2 Å². The lowest BCUT2D eigenvalue weighted by molar-refractivity contribution is 0.0951. The van der Waals surface area contributed by atoms with Crippen LogP contribution in [0.15, 0.2) is 48.5 Å². The molecule has 0 saturated heterocycles. The Morgan fingerprint density at radius 3 is 2.50 bits per heavy atom. The van der Waals surface area contributed by atoms with Gasteiger partial charge >= 0.3 is 0 Å². The molecular weight excluding hydrogens is 246 g/mol. The first-order chi connectivity index (χ1) is 8.68. The molecule has 0 aliphatic heterocycles. The molecule has 0 fully saturated rings. The van der Waals surface area contributed by atoms with Crippen LogP contribution in [0.1, 0.15) is 21.5 Å². The van der Waals surface area contributed by atoms with Crippen LogP contribution in [0, 0.1) is 6.92 Å². The van der Waals surface area contributed by atoms with Crippen molar-refractivity contribution < 1.29 is 4.79 Å². The number of hydrogen-bond acceptors (Lipinski definition) is 1. The quantitative estimate of drug-likeness (QED) is 0.897. The van der Waals surface area contributed by atoms with Gasteiger partial charge in [0.2, 0.25) is 0 Å². The molecule has 3 heteroatoms. The van der Waals surface area contributed by atoms with E-state index in [9.17, 15) is 4.79 Å². The van der Waals surface area contributed by atoms with Gasteiger partial charge in [-0.25, -0.2) is 0 Å². The molecule has 0 saturated carbocycles. The van der Waals surface area contributed by atoms with E-state index in [4.69, 9.17) is 11.6 Å². The highest BCUT2D eigenvalue weighted by Gasteiger charge is 2.09. The summed E-state index contributed by atoms with van der Waals surface area (Å²) in [5.74, 6) is -0.149. The van der Waals surface area contributed by atoms with Crippen LogP contribution in [0.3, 0.4) is 0 Å². The van der Waals surface area contributed by atoms with E-state index in [0.717, 1.165) is 11.1 Å². The molecule has 1 amide bonds. The zero-order valence-electron chi connectivity index (χ0n) is 10.1. The lowest BCUT2D eigenvalue weighted by Crippen LogP contribution is -2.23. The Balaban J connectivity index is 2.06. The molecule has 2 nitrogen and oxygen atoms in total. The molecule has 2 aromatic rings. The Morgan fingerprint density at radius 1 is 1.11 bits per heavy atom. The Labute approximate surface area is 112 Å². The summed E-state index contributed by atoms with van der Waals surface area (Å²) < 4.78 is 0. The van der Waals surface area contributed by atoms with Crippen molar-refractivity contribution in [1.29, 1.82) is 0 Å². The molecule has 0 heterocycles. The molecule has 0 radical (unpaired) electrons. The standard InChI is InChI=1S/C15H14ClNO/c1-11-6-2-3-7-12(11)10-17-15(18)13-8-4-5-9-14(13)16/h2-9H,10H2,1H3,(H,17,18). The van der Waals surface area contributed by atoms with Crippen LogP contribution < -0.4 is 5.32 Å². The van der Waals surface area contributed by atoms with E-state index in [2.05, 4.69) is 5.32 Å². The third kappa shape index (κ3) is 2.90. The summed E-state index contributed by atoms with van der Waals surface area (Å²) in [7, 11) is 0. The largest absolute Gasteiger partial charge is 0.348 e. The maximum Gasteiger partial charge on any atom is 0.253 e. The van der Waals surface area contributed by atoms with Gasteiger partial charge in [0.05, 0.1) is 10.6 Å². The molecule has 0 aliphatic rings. The first kappa shape index (κ1) is 12.7. The molecule has 0 spiro atoms. The van der Waals surface area contributed by atoms with E-state index in [1.165, 1.54) is 0 Å². The molecule has 2 rings (SSSR count). The zero-order chi connectivity index (χ0) is 13.0. The molecule has 0 aliphatic carbocycles. The van der Waals surface area contributed by atoms with Crippen LogP contribution in [0.5, 0.6) is 0 Å². The highest BCUT2D eigenvalue weighted by Crippen LogP contribution is 2.15. The maximum absolute atomic E-state index is 12.0. The lowest BCUT2D eigenvalue weighted by Gasteiger charge is -2.08. The van der Waals surface area contributed by atoms with Crippen LogP contribution in [0.4, 0.5) is 0 Å². The second-order valence-electron chi connectivity index (χ2n) is 4.09. The molecular formula is C15H14ClNO. The minimum atomic E-state index is -0.149.